The second kappa shape index (κ2) is 10.2. The molecule has 170 valence electrons. The van der Waals surface area contributed by atoms with Crippen molar-refractivity contribution in [3.8, 4) is 0 Å². The predicted molar refractivity (Wildman–Crippen MR) is 128 cm³/mol. The maximum absolute atomic E-state index is 12.3. The number of rotatable bonds is 8. The summed E-state index contributed by atoms with van der Waals surface area (Å²) in [5.74, 6) is 0.626. The van der Waals surface area contributed by atoms with Crippen molar-refractivity contribution in [2.24, 2.45) is 5.92 Å². The molecular formula is C25H26N4O4. The summed E-state index contributed by atoms with van der Waals surface area (Å²) in [6.45, 7) is 0. The van der Waals surface area contributed by atoms with Crippen LogP contribution < -0.4 is 10.9 Å². The van der Waals surface area contributed by atoms with Gasteiger partial charge in [-0.15, -0.1) is 0 Å². The number of nitrogens with zero attached hydrogens (tertiary/aromatic N) is 2. The van der Waals surface area contributed by atoms with Crippen molar-refractivity contribution in [3.63, 3.8) is 0 Å². The van der Waals surface area contributed by atoms with E-state index in [9.17, 15) is 19.7 Å². The molecule has 8 heteroatoms. The van der Waals surface area contributed by atoms with Crippen molar-refractivity contribution >= 4 is 34.1 Å². The molecule has 0 spiro atoms. The summed E-state index contributed by atoms with van der Waals surface area (Å²) < 4.78 is 0. The van der Waals surface area contributed by atoms with E-state index in [0.717, 1.165) is 17.4 Å². The largest absolute Gasteiger partial charge is 0.326 e. The average molecular weight is 447 g/mol. The molecule has 0 aliphatic heterocycles. The van der Waals surface area contributed by atoms with Crippen LogP contribution in [0.25, 0.3) is 16.8 Å². The molecule has 1 aliphatic rings. The summed E-state index contributed by atoms with van der Waals surface area (Å²) in [6, 6.07) is 11.5. The molecule has 0 unspecified atom stereocenters. The van der Waals surface area contributed by atoms with Gasteiger partial charge >= 0.3 is 0 Å². The molecule has 0 atom stereocenters. The summed E-state index contributed by atoms with van der Waals surface area (Å²) in [4.78, 5) is 35.0. The third-order valence-corrected chi connectivity index (χ3v) is 6.13. The Kier molecular flexibility index (Phi) is 6.92. The number of carbonyl (C=O) groups excluding carboxylic acids is 1. The van der Waals surface area contributed by atoms with Gasteiger partial charge in [-0.2, -0.15) is 5.10 Å². The highest BCUT2D eigenvalue weighted by Gasteiger charge is 2.16. The third-order valence-electron chi connectivity index (χ3n) is 6.13. The van der Waals surface area contributed by atoms with Crippen LogP contribution in [0.2, 0.25) is 0 Å². The highest BCUT2D eigenvalue weighted by atomic mass is 16.6. The van der Waals surface area contributed by atoms with Gasteiger partial charge in [-0.3, -0.25) is 19.7 Å². The molecule has 8 nitrogen and oxygen atoms in total. The van der Waals surface area contributed by atoms with E-state index < -0.39 is 4.92 Å². The fraction of sp³-hybridized carbons (Fsp3) is 0.320. The fourth-order valence-corrected chi connectivity index (χ4v) is 4.33. The third kappa shape index (κ3) is 5.71. The molecule has 2 aromatic carbocycles. The van der Waals surface area contributed by atoms with Crippen LogP contribution in [0.4, 0.5) is 11.4 Å². The number of nitro benzene ring substituents is 1. The van der Waals surface area contributed by atoms with Crippen molar-refractivity contribution in [1.82, 2.24) is 10.2 Å². The van der Waals surface area contributed by atoms with Gasteiger partial charge < -0.3 is 5.32 Å². The van der Waals surface area contributed by atoms with Gasteiger partial charge in [0.25, 0.3) is 11.2 Å². The Bertz CT molecular complexity index is 1240. The van der Waals surface area contributed by atoms with Gasteiger partial charge in [-0.1, -0.05) is 43.9 Å². The van der Waals surface area contributed by atoms with Crippen molar-refractivity contribution in [2.45, 2.75) is 44.9 Å². The van der Waals surface area contributed by atoms with Crippen molar-refractivity contribution in [1.29, 1.82) is 0 Å². The summed E-state index contributed by atoms with van der Waals surface area (Å²) in [7, 11) is 0. The van der Waals surface area contributed by atoms with Crippen molar-refractivity contribution in [2.75, 3.05) is 5.32 Å². The molecule has 1 aromatic heterocycles. The number of hydrogen-bond donors (Lipinski definition) is 2. The molecule has 2 N–H and O–H groups in total. The number of nitrogens with one attached hydrogen (secondary N) is 2. The quantitative estimate of drug-likeness (QED) is 0.373. The molecule has 1 heterocycles. The molecule has 0 bridgehead atoms. The minimum absolute atomic E-state index is 0.0296. The zero-order chi connectivity index (χ0) is 23.2. The molecule has 33 heavy (non-hydrogen) atoms. The smallest absolute Gasteiger partial charge is 0.272 e. The van der Waals surface area contributed by atoms with Gasteiger partial charge in [-0.25, -0.2) is 5.10 Å². The van der Waals surface area contributed by atoms with Crippen molar-refractivity contribution in [3.05, 3.63) is 80.3 Å². The Labute approximate surface area is 190 Å². The topological polar surface area (TPSA) is 118 Å². The van der Waals surface area contributed by atoms with E-state index in [-0.39, 0.29) is 17.2 Å². The zero-order valence-corrected chi connectivity index (χ0v) is 18.3. The normalized spacial score (nSPS) is 14.2. The summed E-state index contributed by atoms with van der Waals surface area (Å²) in [5, 5.41) is 21.6. The Morgan fingerprint density at radius 1 is 1.15 bits per heavy atom. The maximum atomic E-state index is 12.3. The first-order valence-electron chi connectivity index (χ1n) is 11.2. The first kappa shape index (κ1) is 22.4. The van der Waals surface area contributed by atoms with E-state index in [1.54, 1.807) is 30.3 Å². The number of benzene rings is 2. The van der Waals surface area contributed by atoms with Gasteiger partial charge in [0.05, 0.1) is 16.0 Å². The molecule has 1 aliphatic carbocycles. The van der Waals surface area contributed by atoms with Crippen LogP contribution in [-0.4, -0.2) is 21.0 Å². The zero-order valence-electron chi connectivity index (χ0n) is 18.3. The monoisotopic (exact) mass is 446 g/mol. The van der Waals surface area contributed by atoms with E-state index in [1.165, 1.54) is 37.8 Å². The SMILES string of the molecule is O=C(CCC1CCCC1)Nc1ccc2c(C/C=C/c3ccc([N+](=O)[O-])cc3)n[nH]c(=O)c2c1. The number of aromatic nitrogens is 2. The second-order valence-electron chi connectivity index (χ2n) is 8.45. The van der Waals surface area contributed by atoms with Crippen LogP contribution in [0, 0.1) is 16.0 Å². The Balaban J connectivity index is 1.44. The summed E-state index contributed by atoms with van der Waals surface area (Å²) >= 11 is 0. The Morgan fingerprint density at radius 3 is 2.64 bits per heavy atom. The van der Waals surface area contributed by atoms with E-state index >= 15 is 0 Å². The molecule has 4 rings (SSSR count). The fourth-order valence-electron chi connectivity index (χ4n) is 4.33. The number of H-pyrrole nitrogens is 1. The molecular weight excluding hydrogens is 420 g/mol. The molecule has 1 fully saturated rings. The van der Waals surface area contributed by atoms with Crippen LogP contribution in [0.5, 0.6) is 0 Å². The van der Waals surface area contributed by atoms with Gasteiger partial charge in [0.15, 0.2) is 0 Å². The van der Waals surface area contributed by atoms with E-state index in [4.69, 9.17) is 0 Å². The van der Waals surface area contributed by atoms with Crippen LogP contribution in [0.3, 0.4) is 0 Å². The molecule has 0 radical (unpaired) electrons. The number of aromatic amines is 1. The maximum Gasteiger partial charge on any atom is 0.272 e. The highest BCUT2D eigenvalue weighted by Crippen LogP contribution is 2.28. The standard InChI is InChI=1S/C25H26N4O4/c30-24(15-10-17-4-1-2-5-17)26-19-11-14-21-22(16-19)25(31)28-27-23(21)7-3-6-18-8-12-20(13-9-18)29(32)33/h3,6,8-9,11-14,16-17H,1-2,4-5,7,10,15H2,(H,26,30)(H,28,31)/b6-3+. The Morgan fingerprint density at radius 2 is 1.91 bits per heavy atom. The minimum Gasteiger partial charge on any atom is -0.326 e. The van der Waals surface area contributed by atoms with E-state index in [2.05, 4.69) is 15.5 Å². The number of allylic oxidation sites excluding steroid dienone is 1. The van der Waals surface area contributed by atoms with Gasteiger partial charge in [0.1, 0.15) is 0 Å². The first-order valence-corrected chi connectivity index (χ1v) is 11.2. The predicted octanol–water partition coefficient (Wildman–Crippen LogP) is 5.00. The first-order chi connectivity index (χ1) is 16.0. The summed E-state index contributed by atoms with van der Waals surface area (Å²) in [5.41, 5.74) is 1.86. The lowest BCUT2D eigenvalue weighted by Crippen LogP contribution is -2.14. The Hall–Kier alpha value is -3.81. The van der Waals surface area contributed by atoms with Crippen LogP contribution >= 0.6 is 0 Å². The van der Waals surface area contributed by atoms with Crippen LogP contribution in [0.15, 0.2) is 53.3 Å². The second-order valence-corrected chi connectivity index (χ2v) is 8.45. The highest BCUT2D eigenvalue weighted by molar-refractivity contribution is 5.94. The van der Waals surface area contributed by atoms with Crippen LogP contribution in [0.1, 0.15) is 49.8 Å². The molecule has 0 saturated heterocycles. The van der Waals surface area contributed by atoms with Gasteiger partial charge in [0, 0.05) is 36.0 Å². The van der Waals surface area contributed by atoms with Crippen molar-refractivity contribution < 1.29 is 9.72 Å². The average Bonchev–Trinajstić information content (AvgIpc) is 3.33. The number of amides is 1. The van der Waals surface area contributed by atoms with E-state index in [1.807, 2.05) is 12.2 Å². The number of anilines is 1. The lowest BCUT2D eigenvalue weighted by Gasteiger charge is -2.10. The number of hydrogen-bond acceptors (Lipinski definition) is 5. The van der Waals surface area contributed by atoms with Gasteiger partial charge in [-0.05, 0) is 42.2 Å². The number of fused-ring (bicyclic) bond motifs is 1. The van der Waals surface area contributed by atoms with E-state index in [0.29, 0.717) is 35.5 Å². The molecule has 1 amide bonds. The molecule has 1 saturated carbocycles. The lowest BCUT2D eigenvalue weighted by atomic mass is 10.0. The minimum atomic E-state index is -0.434. The molecule has 3 aromatic rings. The number of carbonyl (C=O) groups is 1. The number of non-ortho nitro benzene ring substituents is 1. The number of nitro groups is 1. The van der Waals surface area contributed by atoms with Gasteiger partial charge in [0.2, 0.25) is 5.91 Å². The lowest BCUT2D eigenvalue weighted by molar-refractivity contribution is -0.384. The summed E-state index contributed by atoms with van der Waals surface area (Å²) in [6.07, 6.45) is 10.6. The van der Waals surface area contributed by atoms with Crippen LogP contribution in [-0.2, 0) is 11.2 Å².